The Hall–Kier alpha value is -1.09. The molecule has 0 atom stereocenters. The first-order valence-corrected chi connectivity index (χ1v) is 13.4. The van der Waals surface area contributed by atoms with Crippen LogP contribution in [0.1, 0.15) is 0 Å². The van der Waals surface area contributed by atoms with E-state index in [0.29, 0.717) is 0 Å². The standard InChI is InChI=1S/2C8H11P.C6H5Cl.2CO.Ru/c2*1-9(2)8-6-4-3-5-7-8;7-6-4-2-1-3-5-6;2*1-2;/h2*3-7H,1-2H3;1-5H;;;. The minimum absolute atomic E-state index is 0. The average molecular weight is 546 g/mol. The monoisotopic (exact) mass is 546 g/mol. The quantitative estimate of drug-likeness (QED) is 0.155. The van der Waals surface area contributed by atoms with Gasteiger partial charge in [0, 0.05) is 24.5 Å². The van der Waals surface area contributed by atoms with Crippen molar-refractivity contribution in [3.05, 3.63) is 109 Å². The van der Waals surface area contributed by atoms with Gasteiger partial charge in [-0.3, -0.25) is 0 Å². The molecule has 3 aromatic carbocycles. The van der Waals surface area contributed by atoms with Crippen LogP contribution in [0.3, 0.4) is 0 Å². The van der Waals surface area contributed by atoms with Crippen molar-refractivity contribution in [1.82, 2.24) is 0 Å². The van der Waals surface area contributed by atoms with Crippen LogP contribution in [0, 0.1) is 13.3 Å². The molecule has 0 aliphatic heterocycles. The summed E-state index contributed by atoms with van der Waals surface area (Å²) >= 11 is 5.54. The van der Waals surface area contributed by atoms with E-state index in [1.165, 1.54) is 10.6 Å². The third kappa shape index (κ3) is 18.9. The maximum Gasteiger partial charge on any atom is 0 e. The molecule has 0 bridgehead atoms. The van der Waals surface area contributed by atoms with E-state index in [2.05, 4.69) is 101 Å². The van der Waals surface area contributed by atoms with E-state index in [1.807, 2.05) is 30.3 Å². The second kappa shape index (κ2) is 24.2. The number of hydrogen-bond acceptors (Lipinski definition) is 0. The topological polar surface area (TPSA) is 39.8 Å². The number of rotatable bonds is 2. The molecular weight excluding hydrogens is 519 g/mol. The number of benzene rings is 3. The molecule has 0 N–H and O–H groups in total. The molecule has 0 fully saturated rings. The van der Waals surface area contributed by atoms with Crippen LogP contribution in [0.15, 0.2) is 91.0 Å². The Balaban J connectivity index is -0.000000333. The van der Waals surface area contributed by atoms with Gasteiger partial charge in [-0.05, 0) is 49.4 Å². The molecule has 0 radical (unpaired) electrons. The summed E-state index contributed by atoms with van der Waals surface area (Å²) in [4.78, 5) is 0. The molecule has 3 aromatic rings. The minimum Gasteiger partial charge on any atom is 0 e. The summed E-state index contributed by atoms with van der Waals surface area (Å²) in [5.74, 6) is 0. The van der Waals surface area contributed by atoms with Gasteiger partial charge in [-0.25, -0.2) is 0 Å². The van der Waals surface area contributed by atoms with E-state index in [0.717, 1.165) is 5.02 Å². The maximum absolute atomic E-state index is 7.50. The summed E-state index contributed by atoms with van der Waals surface area (Å²) in [5, 5.41) is 3.75. The van der Waals surface area contributed by atoms with Crippen molar-refractivity contribution < 1.29 is 28.8 Å². The first-order chi connectivity index (χ1) is 14.0. The molecule has 0 aliphatic carbocycles. The molecule has 0 saturated heterocycles. The molecule has 0 heterocycles. The van der Waals surface area contributed by atoms with Gasteiger partial charge in [0.15, 0.2) is 0 Å². The molecule has 0 saturated carbocycles. The van der Waals surface area contributed by atoms with Crippen molar-refractivity contribution in [3.63, 3.8) is 0 Å². The first kappa shape index (κ1) is 33.5. The van der Waals surface area contributed by atoms with Crippen LogP contribution in [0.5, 0.6) is 0 Å². The smallest absolute Gasteiger partial charge is 0 e. The van der Waals surface area contributed by atoms with E-state index in [1.54, 1.807) is 0 Å². The van der Waals surface area contributed by atoms with Crippen molar-refractivity contribution in [2.75, 3.05) is 26.7 Å². The van der Waals surface area contributed by atoms with Gasteiger partial charge < -0.3 is 0 Å². The number of hydrogen-bond donors (Lipinski definition) is 0. The summed E-state index contributed by atoms with van der Waals surface area (Å²) in [6, 6.07) is 30.7. The van der Waals surface area contributed by atoms with Gasteiger partial charge in [-0.1, -0.05) is 106 Å². The Morgan fingerprint density at radius 2 is 0.767 bits per heavy atom. The van der Waals surface area contributed by atoms with Crippen molar-refractivity contribution in [2.24, 2.45) is 0 Å². The van der Waals surface area contributed by atoms with Crippen molar-refractivity contribution in [1.29, 1.82) is 0 Å². The van der Waals surface area contributed by atoms with E-state index >= 15 is 0 Å². The van der Waals surface area contributed by atoms with Gasteiger partial charge in [0.25, 0.3) is 0 Å². The molecule has 0 unspecified atom stereocenters. The second-order valence-electron chi connectivity index (χ2n) is 5.76. The fourth-order valence-electron chi connectivity index (χ4n) is 1.87. The van der Waals surface area contributed by atoms with Crippen LogP contribution < -0.4 is 10.6 Å². The molecule has 30 heavy (non-hydrogen) atoms. The third-order valence-corrected chi connectivity index (χ3v) is 6.19. The molecule has 0 spiro atoms. The Morgan fingerprint density at radius 1 is 0.533 bits per heavy atom. The Morgan fingerprint density at radius 3 is 0.900 bits per heavy atom. The van der Waals surface area contributed by atoms with Gasteiger partial charge in [0.2, 0.25) is 0 Å². The maximum atomic E-state index is 7.50. The Kier molecular flexibility index (Phi) is 27.0. The van der Waals surface area contributed by atoms with Crippen molar-refractivity contribution in [2.45, 2.75) is 0 Å². The largest absolute Gasteiger partial charge is 0 e. The molecule has 3 rings (SSSR count). The normalized spacial score (nSPS) is 8.23. The molecule has 2 nitrogen and oxygen atoms in total. The van der Waals surface area contributed by atoms with Crippen molar-refractivity contribution in [3.8, 4) is 0 Å². The van der Waals surface area contributed by atoms with Crippen LogP contribution in [0.25, 0.3) is 0 Å². The van der Waals surface area contributed by atoms with Gasteiger partial charge in [0.1, 0.15) is 0 Å². The Labute approximate surface area is 202 Å². The van der Waals surface area contributed by atoms with Crippen LogP contribution in [0.4, 0.5) is 0 Å². The van der Waals surface area contributed by atoms with E-state index in [-0.39, 0.29) is 35.3 Å². The third-order valence-electron chi connectivity index (χ3n) is 3.28. The predicted octanol–water partition coefficient (Wildman–Crippen LogP) is 6.37. The van der Waals surface area contributed by atoms with Crippen LogP contribution in [-0.4, -0.2) is 26.7 Å². The zero-order valence-corrected chi connectivity index (χ0v) is 21.9. The fourth-order valence-corrected chi connectivity index (χ4v) is 3.55. The van der Waals surface area contributed by atoms with Gasteiger partial charge in [0.05, 0.1) is 0 Å². The van der Waals surface area contributed by atoms with Crippen LogP contribution in [0.2, 0.25) is 5.02 Å². The molecule has 0 aliphatic rings. The van der Waals surface area contributed by atoms with Crippen molar-refractivity contribution >= 4 is 38.1 Å². The summed E-state index contributed by atoms with van der Waals surface area (Å²) in [5.41, 5.74) is 0. The van der Waals surface area contributed by atoms with E-state index < -0.39 is 0 Å². The van der Waals surface area contributed by atoms with Crippen LogP contribution >= 0.6 is 27.4 Å². The molecule has 6 heteroatoms. The molecule has 0 amide bonds. The number of halogens is 1. The molecular formula is C24H27ClO2P2Ru. The van der Waals surface area contributed by atoms with Gasteiger partial charge >= 0.3 is 22.6 Å². The Bertz CT molecular complexity index is 716. The predicted molar refractivity (Wildman–Crippen MR) is 129 cm³/mol. The average Bonchev–Trinajstić information content (AvgIpc) is 2.79. The second-order valence-corrected chi connectivity index (χ2v) is 10.8. The molecule has 160 valence electrons. The first-order valence-electron chi connectivity index (χ1n) is 8.57. The summed E-state index contributed by atoms with van der Waals surface area (Å²) in [6.07, 6.45) is 0. The summed E-state index contributed by atoms with van der Waals surface area (Å²) in [7, 11) is 0.209. The van der Waals surface area contributed by atoms with E-state index in [9.17, 15) is 0 Å². The van der Waals surface area contributed by atoms with Gasteiger partial charge in [-0.15, -0.1) is 0 Å². The summed E-state index contributed by atoms with van der Waals surface area (Å²) < 4.78 is 15.0. The zero-order valence-electron chi connectivity index (χ0n) is 17.6. The van der Waals surface area contributed by atoms with Crippen LogP contribution in [-0.2, 0) is 28.8 Å². The zero-order chi connectivity index (χ0) is 22.5. The van der Waals surface area contributed by atoms with Gasteiger partial charge in [-0.2, -0.15) is 0 Å². The molecule has 0 aromatic heterocycles. The fraction of sp³-hybridized carbons (Fsp3) is 0.167. The summed E-state index contributed by atoms with van der Waals surface area (Å²) in [6.45, 7) is 18.1. The SMILES string of the molecule is CP(C)c1ccccc1.CP(C)c1ccccc1.Clc1ccccc1.[C-]#[O+].[C-]#[O+].[Ru]. The van der Waals surface area contributed by atoms with E-state index in [4.69, 9.17) is 20.9 Å². The minimum atomic E-state index is 0.